The summed E-state index contributed by atoms with van der Waals surface area (Å²) >= 11 is 0. The van der Waals surface area contributed by atoms with E-state index in [1.807, 2.05) is 11.0 Å². The lowest BCUT2D eigenvalue weighted by Gasteiger charge is -2.64. The van der Waals surface area contributed by atoms with E-state index in [0.29, 0.717) is 11.6 Å². The average Bonchev–Trinajstić information content (AvgIpc) is 2.38. The van der Waals surface area contributed by atoms with Crippen LogP contribution in [0.25, 0.3) is 0 Å². The van der Waals surface area contributed by atoms with Crippen molar-refractivity contribution >= 4 is 5.91 Å². The van der Waals surface area contributed by atoms with Gasteiger partial charge in [0.25, 0.3) is 5.91 Å². The van der Waals surface area contributed by atoms with Crippen molar-refractivity contribution in [3.05, 3.63) is 30.1 Å². The van der Waals surface area contributed by atoms with E-state index >= 15 is 0 Å². The lowest BCUT2D eigenvalue weighted by Crippen LogP contribution is -2.75. The minimum atomic E-state index is -0.487. The van der Waals surface area contributed by atoms with Gasteiger partial charge in [-0.1, -0.05) is 13.0 Å². The van der Waals surface area contributed by atoms with Crippen LogP contribution in [-0.4, -0.2) is 38.6 Å². The van der Waals surface area contributed by atoms with E-state index in [9.17, 15) is 9.90 Å². The van der Waals surface area contributed by atoms with E-state index in [-0.39, 0.29) is 17.5 Å². The third kappa shape index (κ3) is 1.77. The molecular formula is C15H20N2O2. The molecule has 4 heteroatoms. The van der Waals surface area contributed by atoms with E-state index in [1.165, 1.54) is 0 Å². The summed E-state index contributed by atoms with van der Waals surface area (Å²) in [5, 5.41) is 10.1. The Labute approximate surface area is 113 Å². The number of hydrogen-bond acceptors (Lipinski definition) is 3. The summed E-state index contributed by atoms with van der Waals surface area (Å²) in [5.41, 5.74) is 0.114. The number of rotatable bonds is 2. The van der Waals surface area contributed by atoms with Crippen molar-refractivity contribution in [3.8, 4) is 0 Å². The first-order valence-electron chi connectivity index (χ1n) is 6.97. The molecule has 1 amide bonds. The highest BCUT2D eigenvalue weighted by Crippen LogP contribution is 2.51. The minimum Gasteiger partial charge on any atom is -0.391 e. The molecule has 3 heterocycles. The lowest BCUT2D eigenvalue weighted by atomic mass is 9.62. The number of piperidine rings is 1. The Balaban J connectivity index is 1.91. The summed E-state index contributed by atoms with van der Waals surface area (Å²) in [7, 11) is 0. The summed E-state index contributed by atoms with van der Waals surface area (Å²) in [6, 6.07) is 5.65. The predicted molar refractivity (Wildman–Crippen MR) is 71.6 cm³/mol. The van der Waals surface area contributed by atoms with Gasteiger partial charge in [-0.05, 0) is 44.2 Å². The Bertz CT molecular complexity index is 488. The van der Waals surface area contributed by atoms with Crippen LogP contribution >= 0.6 is 0 Å². The van der Waals surface area contributed by atoms with Crippen molar-refractivity contribution in [2.75, 3.05) is 0 Å². The smallest absolute Gasteiger partial charge is 0.273 e. The third-order valence-corrected chi connectivity index (χ3v) is 4.69. The molecule has 4 nitrogen and oxygen atoms in total. The normalized spacial score (nSPS) is 34.6. The maximum absolute atomic E-state index is 12.6. The molecular weight excluding hydrogens is 240 g/mol. The SMILES string of the molecule is C[C@@H]1CC2CC([C@@H](C)O)(C1)N2C(=O)c1ccccn1. The summed E-state index contributed by atoms with van der Waals surface area (Å²) in [5.74, 6) is 0.533. The van der Waals surface area contributed by atoms with Crippen molar-refractivity contribution < 1.29 is 9.90 Å². The van der Waals surface area contributed by atoms with Crippen molar-refractivity contribution in [1.29, 1.82) is 0 Å². The number of hydrogen-bond donors (Lipinski definition) is 1. The van der Waals surface area contributed by atoms with Gasteiger partial charge in [0.15, 0.2) is 0 Å². The van der Waals surface area contributed by atoms with E-state index in [0.717, 1.165) is 19.3 Å². The topological polar surface area (TPSA) is 53.4 Å². The molecule has 3 fully saturated rings. The van der Waals surface area contributed by atoms with E-state index in [2.05, 4.69) is 11.9 Å². The van der Waals surface area contributed by atoms with Gasteiger partial charge in [0.1, 0.15) is 5.69 Å². The van der Waals surface area contributed by atoms with Gasteiger partial charge in [-0.2, -0.15) is 0 Å². The van der Waals surface area contributed by atoms with Crippen LogP contribution in [0.3, 0.4) is 0 Å². The number of fused-ring (bicyclic) bond motifs is 2. The maximum atomic E-state index is 12.6. The number of carbonyl (C=O) groups excluding carboxylic acids is 1. The van der Waals surface area contributed by atoms with Crippen LogP contribution in [0.2, 0.25) is 0 Å². The molecule has 2 aliphatic heterocycles. The second-order valence-electron chi connectivity index (χ2n) is 6.07. The van der Waals surface area contributed by atoms with Gasteiger partial charge in [-0.25, -0.2) is 0 Å². The second kappa shape index (κ2) is 4.30. The van der Waals surface area contributed by atoms with Gasteiger partial charge in [0, 0.05) is 12.2 Å². The minimum absolute atomic E-state index is 0.0374. The van der Waals surface area contributed by atoms with Gasteiger partial charge in [0.05, 0.1) is 11.6 Å². The summed E-state index contributed by atoms with van der Waals surface area (Å²) in [6.07, 6.45) is 4.00. The summed E-state index contributed by atoms with van der Waals surface area (Å²) in [6.45, 7) is 4.00. The number of aromatic nitrogens is 1. The van der Waals surface area contributed by atoms with Crippen LogP contribution in [0.1, 0.15) is 43.6 Å². The van der Waals surface area contributed by atoms with Gasteiger partial charge in [-0.15, -0.1) is 0 Å². The molecule has 2 saturated heterocycles. The van der Waals surface area contributed by atoms with Crippen LogP contribution < -0.4 is 0 Å². The average molecular weight is 260 g/mol. The zero-order valence-electron chi connectivity index (χ0n) is 11.4. The molecule has 1 aromatic heterocycles. The molecule has 3 aliphatic rings. The molecule has 1 aliphatic carbocycles. The standard InChI is InChI=1S/C15H20N2O2/c1-10-7-12-9-15(8-10,11(2)18)17(12)14(19)13-5-3-4-6-16-13/h3-6,10-12,18H,7-9H2,1-2H3/t10-,11-,12?,15?/m1/s1. The van der Waals surface area contributed by atoms with Crippen LogP contribution in [0.15, 0.2) is 24.4 Å². The number of aliphatic hydroxyl groups excluding tert-OH is 1. The Kier molecular flexibility index (Phi) is 2.86. The molecule has 19 heavy (non-hydrogen) atoms. The van der Waals surface area contributed by atoms with Crippen molar-refractivity contribution in [3.63, 3.8) is 0 Å². The quantitative estimate of drug-likeness (QED) is 0.883. The summed E-state index contributed by atoms with van der Waals surface area (Å²) in [4.78, 5) is 18.6. The zero-order chi connectivity index (χ0) is 13.6. The van der Waals surface area contributed by atoms with E-state index < -0.39 is 6.10 Å². The van der Waals surface area contributed by atoms with Crippen molar-refractivity contribution in [1.82, 2.24) is 9.88 Å². The molecule has 1 aromatic rings. The Morgan fingerprint density at radius 1 is 1.53 bits per heavy atom. The Morgan fingerprint density at radius 2 is 2.32 bits per heavy atom. The van der Waals surface area contributed by atoms with E-state index in [4.69, 9.17) is 0 Å². The van der Waals surface area contributed by atoms with Gasteiger partial charge in [-0.3, -0.25) is 9.78 Å². The fraction of sp³-hybridized carbons (Fsp3) is 0.600. The number of pyridine rings is 1. The molecule has 102 valence electrons. The first-order chi connectivity index (χ1) is 9.04. The number of amides is 1. The molecule has 1 N–H and O–H groups in total. The lowest BCUT2D eigenvalue weighted by molar-refractivity contribution is -0.152. The first-order valence-corrected chi connectivity index (χ1v) is 6.97. The van der Waals surface area contributed by atoms with Crippen molar-refractivity contribution in [2.45, 2.75) is 50.8 Å². The fourth-order valence-corrected chi connectivity index (χ4v) is 3.89. The highest BCUT2D eigenvalue weighted by atomic mass is 16.3. The van der Waals surface area contributed by atoms with Crippen LogP contribution in [-0.2, 0) is 0 Å². The number of carbonyl (C=O) groups is 1. The largest absolute Gasteiger partial charge is 0.391 e. The number of aliphatic hydroxyl groups is 1. The molecule has 4 rings (SSSR count). The van der Waals surface area contributed by atoms with E-state index in [1.54, 1.807) is 25.3 Å². The molecule has 2 bridgehead atoms. The number of nitrogens with zero attached hydrogens (tertiary/aromatic N) is 2. The molecule has 0 spiro atoms. The van der Waals surface area contributed by atoms with Crippen LogP contribution in [0.5, 0.6) is 0 Å². The monoisotopic (exact) mass is 260 g/mol. The molecule has 1 saturated carbocycles. The Morgan fingerprint density at radius 3 is 2.95 bits per heavy atom. The zero-order valence-corrected chi connectivity index (χ0v) is 11.4. The predicted octanol–water partition coefficient (Wildman–Crippen LogP) is 1.85. The third-order valence-electron chi connectivity index (χ3n) is 4.69. The fourth-order valence-electron chi connectivity index (χ4n) is 3.89. The highest BCUT2D eigenvalue weighted by Gasteiger charge is 2.60. The Hall–Kier alpha value is -1.42. The van der Waals surface area contributed by atoms with Gasteiger partial charge in [0.2, 0.25) is 0 Å². The first kappa shape index (κ1) is 12.6. The van der Waals surface area contributed by atoms with Gasteiger partial charge < -0.3 is 10.0 Å². The van der Waals surface area contributed by atoms with Crippen LogP contribution in [0, 0.1) is 5.92 Å². The molecule has 0 aromatic carbocycles. The molecule has 4 atom stereocenters. The highest BCUT2D eigenvalue weighted by molar-refractivity contribution is 5.94. The van der Waals surface area contributed by atoms with Crippen LogP contribution in [0.4, 0.5) is 0 Å². The van der Waals surface area contributed by atoms with Gasteiger partial charge >= 0.3 is 0 Å². The van der Waals surface area contributed by atoms with Crippen molar-refractivity contribution in [2.24, 2.45) is 5.92 Å². The second-order valence-corrected chi connectivity index (χ2v) is 6.07. The maximum Gasteiger partial charge on any atom is 0.273 e. The molecule has 0 radical (unpaired) electrons. The summed E-state index contributed by atoms with van der Waals surface area (Å²) < 4.78 is 0. The molecule has 2 unspecified atom stereocenters.